The standard InChI is InChI=1S/C25H23N3O3S/c1-25(15-13-18-5-3-2-4-6-18)16-14-19-17-21(9-12-23(19)31-25)27-24(32)26-20-7-10-22(11-8-20)28(29)30/h2-12,14,16-17H,13,15H2,1H3,(H2,26,27,32)/t25-/m1/s1. The predicted molar refractivity (Wildman–Crippen MR) is 132 cm³/mol. The topological polar surface area (TPSA) is 76.4 Å². The van der Waals surface area contributed by atoms with Crippen LogP contribution in [0.3, 0.4) is 0 Å². The van der Waals surface area contributed by atoms with Gasteiger partial charge in [-0.3, -0.25) is 10.1 Å². The number of fused-ring (bicyclic) bond motifs is 1. The molecule has 0 bridgehead atoms. The minimum atomic E-state index is -0.435. The molecule has 6 nitrogen and oxygen atoms in total. The van der Waals surface area contributed by atoms with Gasteiger partial charge < -0.3 is 15.4 Å². The van der Waals surface area contributed by atoms with E-state index in [0.29, 0.717) is 10.8 Å². The van der Waals surface area contributed by atoms with E-state index in [1.807, 2.05) is 24.3 Å². The van der Waals surface area contributed by atoms with E-state index in [2.05, 4.69) is 54.0 Å². The first-order valence-electron chi connectivity index (χ1n) is 10.3. The molecule has 7 heteroatoms. The first kappa shape index (κ1) is 21.5. The van der Waals surface area contributed by atoms with Crippen molar-refractivity contribution in [2.45, 2.75) is 25.4 Å². The number of nitro groups is 1. The van der Waals surface area contributed by atoms with E-state index in [-0.39, 0.29) is 11.3 Å². The number of thiocarbonyl (C=S) groups is 1. The molecular formula is C25H23N3O3S. The van der Waals surface area contributed by atoms with Gasteiger partial charge in [-0.15, -0.1) is 0 Å². The second-order valence-electron chi connectivity index (χ2n) is 7.87. The van der Waals surface area contributed by atoms with Crippen molar-refractivity contribution in [3.8, 4) is 5.75 Å². The van der Waals surface area contributed by atoms with Crippen LogP contribution in [0, 0.1) is 10.1 Å². The lowest BCUT2D eigenvalue weighted by molar-refractivity contribution is -0.384. The van der Waals surface area contributed by atoms with E-state index in [0.717, 1.165) is 29.8 Å². The minimum absolute atomic E-state index is 0.0340. The molecule has 1 aliphatic rings. The van der Waals surface area contributed by atoms with Crippen molar-refractivity contribution in [2.75, 3.05) is 10.6 Å². The molecule has 1 atom stereocenters. The van der Waals surface area contributed by atoms with Gasteiger partial charge in [0.15, 0.2) is 5.11 Å². The summed E-state index contributed by atoms with van der Waals surface area (Å²) < 4.78 is 6.31. The lowest BCUT2D eigenvalue weighted by Gasteiger charge is -2.32. The van der Waals surface area contributed by atoms with Gasteiger partial charge in [0, 0.05) is 29.1 Å². The van der Waals surface area contributed by atoms with Crippen LogP contribution in [0.25, 0.3) is 6.08 Å². The number of anilines is 2. The summed E-state index contributed by atoms with van der Waals surface area (Å²) in [5.74, 6) is 0.836. The van der Waals surface area contributed by atoms with Crippen LogP contribution in [0.4, 0.5) is 17.1 Å². The third-order valence-corrected chi connectivity index (χ3v) is 5.52. The van der Waals surface area contributed by atoms with Gasteiger partial charge >= 0.3 is 0 Å². The maximum atomic E-state index is 10.8. The van der Waals surface area contributed by atoms with Crippen molar-refractivity contribution in [3.63, 3.8) is 0 Å². The fourth-order valence-corrected chi connectivity index (χ4v) is 3.77. The van der Waals surface area contributed by atoms with Crippen LogP contribution in [-0.4, -0.2) is 15.6 Å². The smallest absolute Gasteiger partial charge is 0.269 e. The van der Waals surface area contributed by atoms with E-state index >= 15 is 0 Å². The first-order chi connectivity index (χ1) is 15.4. The lowest BCUT2D eigenvalue weighted by atomic mass is 9.93. The monoisotopic (exact) mass is 445 g/mol. The summed E-state index contributed by atoms with van der Waals surface area (Å²) in [5, 5.41) is 17.3. The minimum Gasteiger partial charge on any atom is -0.483 e. The molecule has 0 saturated heterocycles. The number of benzene rings is 3. The predicted octanol–water partition coefficient (Wildman–Crippen LogP) is 6.20. The molecule has 1 heterocycles. The lowest BCUT2D eigenvalue weighted by Crippen LogP contribution is -2.32. The van der Waals surface area contributed by atoms with E-state index in [1.54, 1.807) is 12.1 Å². The second-order valence-corrected chi connectivity index (χ2v) is 8.28. The number of non-ortho nitro benzene ring substituents is 1. The summed E-state index contributed by atoms with van der Waals surface area (Å²) in [6.07, 6.45) is 6.02. The van der Waals surface area contributed by atoms with Gasteiger partial charge in [0.05, 0.1) is 4.92 Å². The van der Waals surface area contributed by atoms with Crippen LogP contribution in [0.5, 0.6) is 5.75 Å². The Bertz CT molecular complexity index is 1160. The molecule has 1 aliphatic heterocycles. The summed E-state index contributed by atoms with van der Waals surface area (Å²) in [7, 11) is 0. The molecule has 4 rings (SSSR count). The molecule has 0 unspecified atom stereocenters. The molecule has 3 aromatic carbocycles. The highest BCUT2D eigenvalue weighted by Crippen LogP contribution is 2.35. The van der Waals surface area contributed by atoms with Crippen molar-refractivity contribution >= 4 is 40.5 Å². The Balaban J connectivity index is 1.37. The fraction of sp³-hybridized carbons (Fsp3) is 0.160. The molecular weight excluding hydrogens is 422 g/mol. The molecule has 0 fully saturated rings. The average molecular weight is 446 g/mol. The van der Waals surface area contributed by atoms with Crippen LogP contribution >= 0.6 is 12.2 Å². The van der Waals surface area contributed by atoms with Crippen molar-refractivity contribution in [3.05, 3.63) is 100 Å². The summed E-state index contributed by atoms with van der Waals surface area (Å²) in [5.41, 5.74) is 3.44. The Labute approximate surface area is 192 Å². The largest absolute Gasteiger partial charge is 0.483 e. The Morgan fingerprint density at radius 2 is 1.72 bits per heavy atom. The first-order valence-corrected chi connectivity index (χ1v) is 10.7. The number of nitrogens with zero attached hydrogens (tertiary/aromatic N) is 1. The summed E-state index contributed by atoms with van der Waals surface area (Å²) >= 11 is 5.37. The highest BCUT2D eigenvalue weighted by molar-refractivity contribution is 7.80. The number of hydrogen-bond donors (Lipinski definition) is 2. The van der Waals surface area contributed by atoms with Crippen molar-refractivity contribution in [1.82, 2.24) is 0 Å². The molecule has 0 radical (unpaired) electrons. The molecule has 0 amide bonds. The number of rotatable bonds is 6. The normalized spacial score (nSPS) is 16.5. The molecule has 2 N–H and O–H groups in total. The van der Waals surface area contributed by atoms with Crippen LogP contribution in [0.15, 0.2) is 78.9 Å². The number of aryl methyl sites for hydroxylation is 1. The number of nitro benzene ring substituents is 1. The number of hydrogen-bond acceptors (Lipinski definition) is 4. The zero-order valence-corrected chi connectivity index (χ0v) is 18.4. The van der Waals surface area contributed by atoms with E-state index in [4.69, 9.17) is 17.0 Å². The molecule has 0 saturated carbocycles. The second kappa shape index (κ2) is 9.20. The molecule has 0 aliphatic carbocycles. The molecule has 162 valence electrons. The maximum Gasteiger partial charge on any atom is 0.269 e. The van der Waals surface area contributed by atoms with Crippen LogP contribution in [0.1, 0.15) is 24.5 Å². The van der Waals surface area contributed by atoms with Crippen LogP contribution < -0.4 is 15.4 Å². The summed E-state index contributed by atoms with van der Waals surface area (Å²) in [6.45, 7) is 2.10. The zero-order chi connectivity index (χ0) is 22.6. The average Bonchev–Trinajstić information content (AvgIpc) is 2.79. The van der Waals surface area contributed by atoms with Crippen molar-refractivity contribution < 1.29 is 9.66 Å². The Morgan fingerprint density at radius 3 is 2.44 bits per heavy atom. The highest BCUT2D eigenvalue weighted by Gasteiger charge is 2.27. The Kier molecular flexibility index (Phi) is 6.18. The number of nitrogens with one attached hydrogen (secondary N) is 2. The van der Waals surface area contributed by atoms with Crippen molar-refractivity contribution in [2.24, 2.45) is 0 Å². The van der Waals surface area contributed by atoms with Gasteiger partial charge in [-0.1, -0.05) is 36.4 Å². The van der Waals surface area contributed by atoms with Gasteiger partial charge in [0.2, 0.25) is 0 Å². The van der Waals surface area contributed by atoms with Gasteiger partial charge in [-0.05, 0) is 74.0 Å². The van der Waals surface area contributed by atoms with Crippen LogP contribution in [-0.2, 0) is 6.42 Å². The molecule has 3 aromatic rings. The third-order valence-electron chi connectivity index (χ3n) is 5.32. The summed E-state index contributed by atoms with van der Waals surface area (Å²) in [6, 6.07) is 22.3. The van der Waals surface area contributed by atoms with E-state index in [1.165, 1.54) is 17.7 Å². The Morgan fingerprint density at radius 1 is 1.03 bits per heavy atom. The Hall–Kier alpha value is -3.71. The maximum absolute atomic E-state index is 10.8. The summed E-state index contributed by atoms with van der Waals surface area (Å²) in [4.78, 5) is 10.3. The molecule has 0 aromatic heterocycles. The fourth-order valence-electron chi connectivity index (χ4n) is 3.53. The van der Waals surface area contributed by atoms with Gasteiger partial charge in [0.25, 0.3) is 5.69 Å². The van der Waals surface area contributed by atoms with Gasteiger partial charge in [-0.25, -0.2) is 0 Å². The SMILES string of the molecule is C[C@@]1(CCc2ccccc2)C=Cc2cc(NC(=S)Nc3ccc([N+](=O)[O-])cc3)ccc2O1. The number of ether oxygens (including phenoxy) is 1. The van der Waals surface area contributed by atoms with E-state index < -0.39 is 4.92 Å². The van der Waals surface area contributed by atoms with Crippen LogP contribution in [0.2, 0.25) is 0 Å². The highest BCUT2D eigenvalue weighted by atomic mass is 32.1. The van der Waals surface area contributed by atoms with E-state index in [9.17, 15) is 10.1 Å². The van der Waals surface area contributed by atoms with Gasteiger partial charge in [0.1, 0.15) is 11.4 Å². The zero-order valence-electron chi connectivity index (χ0n) is 17.6. The van der Waals surface area contributed by atoms with Crippen molar-refractivity contribution in [1.29, 1.82) is 0 Å². The molecule has 32 heavy (non-hydrogen) atoms. The third kappa shape index (κ3) is 5.31. The quantitative estimate of drug-likeness (QED) is 0.267. The van der Waals surface area contributed by atoms with Gasteiger partial charge in [-0.2, -0.15) is 0 Å². The molecule has 0 spiro atoms.